The number of amides is 1. The highest BCUT2D eigenvalue weighted by Gasteiger charge is 2.35. The lowest BCUT2D eigenvalue weighted by molar-refractivity contribution is -0.117. The lowest BCUT2D eigenvalue weighted by Gasteiger charge is -2.25. The third-order valence-corrected chi connectivity index (χ3v) is 8.12. The van der Waals surface area contributed by atoms with Crippen LogP contribution in [0.5, 0.6) is 0 Å². The molecule has 3 aromatic rings. The third kappa shape index (κ3) is 4.04. The van der Waals surface area contributed by atoms with Gasteiger partial charge in [0.25, 0.3) is 0 Å². The molecular formula is C24H30N8OS. The van der Waals surface area contributed by atoms with Gasteiger partial charge >= 0.3 is 0 Å². The normalized spacial score (nSPS) is 22.3. The van der Waals surface area contributed by atoms with E-state index in [1.807, 2.05) is 10.3 Å². The Bertz CT molecular complexity index is 1170. The Morgan fingerprint density at radius 3 is 2.88 bits per heavy atom. The zero-order valence-corrected chi connectivity index (χ0v) is 20.2. The number of thiazole rings is 1. The Morgan fingerprint density at radius 2 is 2.06 bits per heavy atom. The summed E-state index contributed by atoms with van der Waals surface area (Å²) in [5.41, 5.74) is 3.47. The van der Waals surface area contributed by atoms with Gasteiger partial charge in [-0.3, -0.25) is 9.89 Å². The minimum atomic E-state index is -0.300. The van der Waals surface area contributed by atoms with Crippen LogP contribution in [0.15, 0.2) is 17.6 Å². The molecule has 3 aromatic heterocycles. The summed E-state index contributed by atoms with van der Waals surface area (Å²) in [6, 6.07) is 1.83. The minimum absolute atomic E-state index is 0.0485. The second-order valence-electron chi connectivity index (χ2n) is 9.67. The zero-order valence-electron chi connectivity index (χ0n) is 19.4. The summed E-state index contributed by atoms with van der Waals surface area (Å²) in [7, 11) is 0. The largest absolute Gasteiger partial charge is 0.329 e. The number of carbonyl (C=O) groups excluding carboxylic acids is 1. The van der Waals surface area contributed by atoms with E-state index in [0.29, 0.717) is 22.9 Å². The molecule has 3 aliphatic rings. The molecule has 0 unspecified atom stereocenters. The average molecular weight is 479 g/mol. The van der Waals surface area contributed by atoms with Gasteiger partial charge in [-0.25, -0.2) is 9.97 Å². The van der Waals surface area contributed by atoms with E-state index in [9.17, 15) is 4.79 Å². The van der Waals surface area contributed by atoms with Gasteiger partial charge in [-0.15, -0.1) is 11.3 Å². The Morgan fingerprint density at radius 1 is 1.18 bits per heavy atom. The van der Waals surface area contributed by atoms with Crippen molar-refractivity contribution in [1.82, 2.24) is 25.1 Å². The van der Waals surface area contributed by atoms with Crippen molar-refractivity contribution in [2.45, 2.75) is 76.2 Å². The number of carbonyl (C=O) groups is 1. The first-order valence-electron chi connectivity index (χ1n) is 12.4. The van der Waals surface area contributed by atoms with Crippen LogP contribution < -0.4 is 15.5 Å². The Kier molecular flexibility index (Phi) is 5.68. The van der Waals surface area contributed by atoms with Crippen LogP contribution in [-0.4, -0.2) is 43.6 Å². The molecule has 2 aliphatic carbocycles. The summed E-state index contributed by atoms with van der Waals surface area (Å²) < 4.78 is 0. The van der Waals surface area contributed by atoms with Crippen molar-refractivity contribution in [2.75, 3.05) is 22.1 Å². The van der Waals surface area contributed by atoms with Crippen molar-refractivity contribution in [2.24, 2.45) is 0 Å². The number of hydrogen-bond acceptors (Lipinski definition) is 8. The predicted octanol–water partition coefficient (Wildman–Crippen LogP) is 4.71. The monoisotopic (exact) mass is 478 g/mol. The summed E-state index contributed by atoms with van der Waals surface area (Å²) in [5.74, 6) is 3.14. The molecule has 4 heterocycles. The van der Waals surface area contributed by atoms with Crippen LogP contribution >= 0.6 is 11.3 Å². The maximum atomic E-state index is 13.0. The molecular weight excluding hydrogens is 448 g/mol. The first-order chi connectivity index (χ1) is 16.7. The molecule has 1 saturated carbocycles. The second kappa shape index (κ2) is 8.98. The van der Waals surface area contributed by atoms with Gasteiger partial charge < -0.3 is 15.5 Å². The molecule has 0 spiro atoms. The molecule has 3 N–H and O–H groups in total. The van der Waals surface area contributed by atoms with Crippen LogP contribution in [0, 0.1) is 0 Å². The first-order valence-corrected chi connectivity index (χ1v) is 13.2. The molecule has 34 heavy (non-hydrogen) atoms. The fourth-order valence-corrected chi connectivity index (χ4v) is 6.12. The highest BCUT2D eigenvalue weighted by atomic mass is 32.1. The number of nitrogens with one attached hydrogen (secondary N) is 3. The smallest absolute Gasteiger partial charge is 0.248 e. The van der Waals surface area contributed by atoms with Gasteiger partial charge in [0.05, 0.1) is 5.69 Å². The zero-order chi connectivity index (χ0) is 23.1. The van der Waals surface area contributed by atoms with E-state index in [2.05, 4.69) is 38.8 Å². The number of H-pyrrole nitrogens is 1. The van der Waals surface area contributed by atoms with Gasteiger partial charge in [0.15, 0.2) is 10.9 Å². The maximum absolute atomic E-state index is 13.0. The Hall–Kier alpha value is -3.01. The van der Waals surface area contributed by atoms with E-state index in [0.717, 1.165) is 49.6 Å². The van der Waals surface area contributed by atoms with Crippen LogP contribution in [0.1, 0.15) is 80.7 Å². The predicted molar refractivity (Wildman–Crippen MR) is 133 cm³/mol. The molecule has 10 heteroatoms. The molecule has 6 rings (SSSR count). The molecule has 2 fully saturated rings. The van der Waals surface area contributed by atoms with Gasteiger partial charge in [-0.2, -0.15) is 10.1 Å². The number of aromatic nitrogens is 5. The van der Waals surface area contributed by atoms with Gasteiger partial charge in [-0.05, 0) is 44.4 Å². The summed E-state index contributed by atoms with van der Waals surface area (Å²) in [6.45, 7) is 2.98. The third-order valence-electron chi connectivity index (χ3n) is 7.44. The van der Waals surface area contributed by atoms with Gasteiger partial charge in [0.2, 0.25) is 11.9 Å². The number of nitrogens with zero attached hydrogens (tertiary/aromatic N) is 5. The lowest BCUT2D eigenvalue weighted by atomic mass is 10.0. The van der Waals surface area contributed by atoms with E-state index >= 15 is 0 Å². The Labute approximate surface area is 202 Å². The van der Waals surface area contributed by atoms with Crippen molar-refractivity contribution < 1.29 is 4.79 Å². The first kappa shape index (κ1) is 21.5. The molecule has 1 saturated heterocycles. The standard InChI is InChI=1S/C24H30N8OS/c1-14-8-9-16-20(14)27-23(32-11-4-7-18(32)22(33)29-24-25-10-12-34-24)28-21(16)26-19-13-17(30-31-19)15-5-2-3-6-15/h10,12-15,18H,2-9,11H2,1H3,(H,25,29,33)(H2,26,27,28,30,31)/t14-,18+/m1/s1. The molecule has 1 aliphatic heterocycles. The van der Waals surface area contributed by atoms with E-state index < -0.39 is 0 Å². The lowest BCUT2D eigenvalue weighted by Crippen LogP contribution is -2.40. The van der Waals surface area contributed by atoms with Crippen LogP contribution in [0.3, 0.4) is 0 Å². The minimum Gasteiger partial charge on any atom is -0.329 e. The van der Waals surface area contributed by atoms with Crippen molar-refractivity contribution in [3.63, 3.8) is 0 Å². The molecule has 0 bridgehead atoms. The number of hydrogen-bond donors (Lipinski definition) is 3. The van der Waals surface area contributed by atoms with E-state index in [-0.39, 0.29) is 11.9 Å². The maximum Gasteiger partial charge on any atom is 0.248 e. The molecule has 0 aromatic carbocycles. The molecule has 2 atom stereocenters. The van der Waals surface area contributed by atoms with Crippen molar-refractivity contribution in [3.05, 3.63) is 34.6 Å². The molecule has 0 radical (unpaired) electrons. The number of anilines is 4. The van der Waals surface area contributed by atoms with E-state index in [1.165, 1.54) is 48.3 Å². The van der Waals surface area contributed by atoms with Crippen molar-refractivity contribution >= 4 is 40.0 Å². The average Bonchev–Trinajstić information content (AvgIpc) is 3.65. The topological polar surface area (TPSA) is 112 Å². The number of rotatable bonds is 6. The van der Waals surface area contributed by atoms with Gasteiger partial charge in [0, 0.05) is 41.4 Å². The van der Waals surface area contributed by atoms with E-state index in [4.69, 9.17) is 9.97 Å². The molecule has 9 nitrogen and oxygen atoms in total. The summed E-state index contributed by atoms with van der Waals surface area (Å²) in [5, 5.41) is 16.7. The van der Waals surface area contributed by atoms with E-state index in [1.54, 1.807) is 6.20 Å². The van der Waals surface area contributed by atoms with Crippen LogP contribution in [-0.2, 0) is 11.2 Å². The van der Waals surface area contributed by atoms with Gasteiger partial charge in [-0.1, -0.05) is 19.8 Å². The molecule has 1 amide bonds. The van der Waals surface area contributed by atoms with Crippen LogP contribution in [0.4, 0.5) is 22.7 Å². The van der Waals surface area contributed by atoms with Crippen molar-refractivity contribution in [3.8, 4) is 0 Å². The number of aromatic amines is 1. The highest BCUT2D eigenvalue weighted by Crippen LogP contribution is 2.39. The Balaban J connectivity index is 1.28. The van der Waals surface area contributed by atoms with Crippen LogP contribution in [0.2, 0.25) is 0 Å². The fourth-order valence-electron chi connectivity index (χ4n) is 5.59. The van der Waals surface area contributed by atoms with Gasteiger partial charge in [0.1, 0.15) is 11.9 Å². The van der Waals surface area contributed by atoms with Crippen molar-refractivity contribution in [1.29, 1.82) is 0 Å². The molecule has 178 valence electrons. The SMILES string of the molecule is C[C@@H]1CCc2c(Nc3cc(C4CCCC4)[nH]n3)nc(N3CCC[C@H]3C(=O)Nc3nccs3)nc21. The summed E-state index contributed by atoms with van der Waals surface area (Å²) in [6.07, 6.45) is 10.5. The summed E-state index contributed by atoms with van der Waals surface area (Å²) in [4.78, 5) is 29.2. The highest BCUT2D eigenvalue weighted by molar-refractivity contribution is 7.13. The summed E-state index contributed by atoms with van der Waals surface area (Å²) >= 11 is 1.43. The fraction of sp³-hybridized carbons (Fsp3) is 0.542. The van der Waals surface area contributed by atoms with Crippen LogP contribution in [0.25, 0.3) is 0 Å². The number of fused-ring (bicyclic) bond motifs is 1. The quantitative estimate of drug-likeness (QED) is 0.470. The second-order valence-corrected chi connectivity index (χ2v) is 10.6.